The van der Waals surface area contributed by atoms with Crippen LogP contribution in [0.3, 0.4) is 0 Å². The highest BCUT2D eigenvalue weighted by molar-refractivity contribution is 5.97. The van der Waals surface area contributed by atoms with Crippen LogP contribution in [0.2, 0.25) is 0 Å². The Morgan fingerprint density at radius 2 is 2.00 bits per heavy atom. The van der Waals surface area contributed by atoms with E-state index in [1.807, 2.05) is 19.1 Å². The van der Waals surface area contributed by atoms with E-state index in [0.717, 1.165) is 5.56 Å². The zero-order valence-electron chi connectivity index (χ0n) is 12.2. The van der Waals surface area contributed by atoms with Gasteiger partial charge in [-0.25, -0.2) is 0 Å². The van der Waals surface area contributed by atoms with Gasteiger partial charge in [-0.3, -0.25) is 9.78 Å². The summed E-state index contributed by atoms with van der Waals surface area (Å²) in [6.45, 7) is 3.06. The molecule has 110 valence electrons. The van der Waals surface area contributed by atoms with E-state index in [0.29, 0.717) is 30.1 Å². The fourth-order valence-electron chi connectivity index (χ4n) is 2.10. The molecule has 0 atom stereocenters. The quantitative estimate of drug-likeness (QED) is 0.856. The fourth-order valence-corrected chi connectivity index (χ4v) is 2.10. The molecule has 1 aromatic carbocycles. The molecule has 0 saturated carbocycles. The number of anilines is 1. The van der Waals surface area contributed by atoms with Gasteiger partial charge in [0.1, 0.15) is 5.75 Å². The highest BCUT2D eigenvalue weighted by Crippen LogP contribution is 2.23. The third kappa shape index (κ3) is 3.51. The standard InChI is InChI=1S/C16H19N3O2/c1-3-19(11-12-6-8-18-9-7-12)16(20)14-10-13(17)4-5-15(14)21-2/h4-10H,3,11,17H2,1-2H3. The maximum absolute atomic E-state index is 12.7. The second-order valence-electron chi connectivity index (χ2n) is 4.63. The summed E-state index contributed by atoms with van der Waals surface area (Å²) < 4.78 is 5.25. The number of hydrogen-bond donors (Lipinski definition) is 1. The maximum atomic E-state index is 12.7. The Labute approximate surface area is 124 Å². The predicted molar refractivity (Wildman–Crippen MR) is 82.1 cm³/mol. The number of ether oxygens (including phenoxy) is 1. The number of nitrogens with zero attached hydrogens (tertiary/aromatic N) is 2. The van der Waals surface area contributed by atoms with Crippen LogP contribution in [0.4, 0.5) is 5.69 Å². The van der Waals surface area contributed by atoms with Crippen LogP contribution in [0, 0.1) is 0 Å². The van der Waals surface area contributed by atoms with E-state index in [2.05, 4.69) is 4.98 Å². The molecule has 0 unspecified atom stereocenters. The fraction of sp³-hybridized carbons (Fsp3) is 0.250. The Hall–Kier alpha value is -2.56. The lowest BCUT2D eigenvalue weighted by molar-refractivity contribution is 0.0749. The van der Waals surface area contributed by atoms with Crippen LogP contribution in [0.1, 0.15) is 22.8 Å². The maximum Gasteiger partial charge on any atom is 0.257 e. The Morgan fingerprint density at radius 1 is 1.29 bits per heavy atom. The number of amides is 1. The number of aromatic nitrogens is 1. The smallest absolute Gasteiger partial charge is 0.257 e. The predicted octanol–water partition coefficient (Wildman–Crippen LogP) is 2.33. The average Bonchev–Trinajstić information content (AvgIpc) is 2.53. The largest absolute Gasteiger partial charge is 0.496 e. The van der Waals surface area contributed by atoms with Crippen LogP contribution >= 0.6 is 0 Å². The van der Waals surface area contributed by atoms with Crippen LogP contribution in [0.5, 0.6) is 5.75 Å². The Bertz CT molecular complexity index is 614. The summed E-state index contributed by atoms with van der Waals surface area (Å²) in [4.78, 5) is 18.4. The number of methoxy groups -OCH3 is 1. The van der Waals surface area contributed by atoms with Gasteiger partial charge in [-0.15, -0.1) is 0 Å². The van der Waals surface area contributed by atoms with E-state index in [-0.39, 0.29) is 5.91 Å². The van der Waals surface area contributed by atoms with Crippen molar-refractivity contribution in [2.24, 2.45) is 0 Å². The minimum atomic E-state index is -0.0986. The molecule has 0 aliphatic carbocycles. The van der Waals surface area contributed by atoms with Crippen molar-refractivity contribution >= 4 is 11.6 Å². The van der Waals surface area contributed by atoms with Crippen molar-refractivity contribution in [1.29, 1.82) is 0 Å². The number of rotatable bonds is 5. The first-order valence-electron chi connectivity index (χ1n) is 6.77. The minimum Gasteiger partial charge on any atom is -0.496 e. The summed E-state index contributed by atoms with van der Waals surface area (Å²) in [5.74, 6) is 0.431. The Kier molecular flexibility index (Phi) is 4.77. The van der Waals surface area contributed by atoms with Gasteiger partial charge < -0.3 is 15.4 Å². The number of carbonyl (C=O) groups is 1. The second-order valence-corrected chi connectivity index (χ2v) is 4.63. The van der Waals surface area contributed by atoms with E-state index in [9.17, 15) is 4.79 Å². The molecule has 0 aliphatic rings. The first-order chi connectivity index (χ1) is 10.2. The van der Waals surface area contributed by atoms with Crippen molar-refractivity contribution in [1.82, 2.24) is 9.88 Å². The molecule has 0 fully saturated rings. The molecule has 1 heterocycles. The summed E-state index contributed by atoms with van der Waals surface area (Å²) in [7, 11) is 1.54. The third-order valence-corrected chi connectivity index (χ3v) is 3.25. The van der Waals surface area contributed by atoms with Crippen molar-refractivity contribution in [3.63, 3.8) is 0 Å². The molecular weight excluding hydrogens is 266 g/mol. The van der Waals surface area contributed by atoms with Gasteiger partial charge in [0.25, 0.3) is 5.91 Å². The number of hydrogen-bond acceptors (Lipinski definition) is 4. The lowest BCUT2D eigenvalue weighted by atomic mass is 10.1. The molecule has 0 radical (unpaired) electrons. The lowest BCUT2D eigenvalue weighted by Gasteiger charge is -2.22. The van der Waals surface area contributed by atoms with E-state index in [1.54, 1.807) is 42.6 Å². The average molecular weight is 285 g/mol. The van der Waals surface area contributed by atoms with Gasteiger partial charge >= 0.3 is 0 Å². The summed E-state index contributed by atoms with van der Waals surface area (Å²) in [6.07, 6.45) is 3.43. The van der Waals surface area contributed by atoms with E-state index in [4.69, 9.17) is 10.5 Å². The second kappa shape index (κ2) is 6.74. The monoisotopic (exact) mass is 285 g/mol. The van der Waals surface area contributed by atoms with Crippen molar-refractivity contribution < 1.29 is 9.53 Å². The van der Waals surface area contributed by atoms with Crippen molar-refractivity contribution in [3.05, 3.63) is 53.9 Å². The minimum absolute atomic E-state index is 0.0986. The first-order valence-corrected chi connectivity index (χ1v) is 6.77. The number of nitrogens with two attached hydrogens (primary N) is 1. The normalized spacial score (nSPS) is 10.2. The van der Waals surface area contributed by atoms with Crippen molar-refractivity contribution in [3.8, 4) is 5.75 Å². The molecule has 21 heavy (non-hydrogen) atoms. The molecule has 0 spiro atoms. The Balaban J connectivity index is 2.26. The highest BCUT2D eigenvalue weighted by Gasteiger charge is 2.19. The van der Waals surface area contributed by atoms with Crippen LogP contribution in [0.15, 0.2) is 42.7 Å². The topological polar surface area (TPSA) is 68.5 Å². The number of nitrogen functional groups attached to an aromatic ring is 1. The molecule has 0 aliphatic heterocycles. The molecule has 5 heteroatoms. The molecule has 0 bridgehead atoms. The van der Waals surface area contributed by atoms with Gasteiger partial charge in [-0.05, 0) is 42.8 Å². The summed E-state index contributed by atoms with van der Waals surface area (Å²) in [5.41, 5.74) is 7.83. The van der Waals surface area contributed by atoms with E-state index in [1.165, 1.54) is 0 Å². The summed E-state index contributed by atoms with van der Waals surface area (Å²) >= 11 is 0. The zero-order chi connectivity index (χ0) is 15.2. The van der Waals surface area contributed by atoms with Crippen LogP contribution in [-0.4, -0.2) is 29.4 Å². The molecule has 2 N–H and O–H groups in total. The lowest BCUT2D eigenvalue weighted by Crippen LogP contribution is -2.30. The van der Waals surface area contributed by atoms with Crippen LogP contribution < -0.4 is 10.5 Å². The number of benzene rings is 1. The SMILES string of the molecule is CCN(Cc1ccncc1)C(=O)c1cc(N)ccc1OC. The van der Waals surface area contributed by atoms with Gasteiger partial charge in [0, 0.05) is 31.2 Å². The van der Waals surface area contributed by atoms with Crippen LogP contribution in [0.25, 0.3) is 0 Å². The summed E-state index contributed by atoms with van der Waals surface area (Å²) in [6, 6.07) is 8.87. The van der Waals surface area contributed by atoms with Gasteiger partial charge in [-0.1, -0.05) is 0 Å². The van der Waals surface area contributed by atoms with Crippen LogP contribution in [-0.2, 0) is 6.54 Å². The van der Waals surface area contributed by atoms with Gasteiger partial charge in [0.05, 0.1) is 12.7 Å². The number of carbonyl (C=O) groups excluding carboxylic acids is 1. The molecule has 0 saturated heterocycles. The highest BCUT2D eigenvalue weighted by atomic mass is 16.5. The molecule has 1 amide bonds. The molecule has 2 rings (SSSR count). The molecule has 5 nitrogen and oxygen atoms in total. The molecule has 1 aromatic heterocycles. The van der Waals surface area contributed by atoms with Gasteiger partial charge in [0.2, 0.25) is 0 Å². The van der Waals surface area contributed by atoms with Crippen molar-refractivity contribution in [2.75, 3.05) is 19.4 Å². The van der Waals surface area contributed by atoms with Crippen molar-refractivity contribution in [2.45, 2.75) is 13.5 Å². The van der Waals surface area contributed by atoms with E-state index < -0.39 is 0 Å². The van der Waals surface area contributed by atoms with Gasteiger partial charge in [0.15, 0.2) is 0 Å². The first kappa shape index (κ1) is 14.8. The third-order valence-electron chi connectivity index (χ3n) is 3.25. The summed E-state index contributed by atoms with van der Waals surface area (Å²) in [5, 5.41) is 0. The Morgan fingerprint density at radius 3 is 2.62 bits per heavy atom. The number of pyridine rings is 1. The zero-order valence-corrected chi connectivity index (χ0v) is 12.2. The van der Waals surface area contributed by atoms with Gasteiger partial charge in [-0.2, -0.15) is 0 Å². The molecule has 2 aromatic rings. The van der Waals surface area contributed by atoms with E-state index >= 15 is 0 Å². The molecular formula is C16H19N3O2.